The SMILES string of the molecule is COc1ccc(-c2ccc(OC(=O)Oc3ccc(C(C)(C)c4ccc(OC(C)=O)c(C)c4)cc3C)cc2)cc1. The number of methoxy groups -OCH3 is 1. The average molecular weight is 525 g/mol. The Morgan fingerprint density at radius 3 is 1.51 bits per heavy atom. The second kappa shape index (κ2) is 11.4. The van der Waals surface area contributed by atoms with Crippen molar-refractivity contribution in [1.29, 1.82) is 0 Å². The third kappa shape index (κ3) is 6.47. The van der Waals surface area contributed by atoms with Crippen LogP contribution in [0.15, 0.2) is 84.9 Å². The zero-order valence-electron chi connectivity index (χ0n) is 23.0. The number of hydrogen-bond donors (Lipinski definition) is 0. The zero-order valence-corrected chi connectivity index (χ0v) is 23.0. The van der Waals surface area contributed by atoms with Crippen LogP contribution in [0, 0.1) is 13.8 Å². The lowest BCUT2D eigenvalue weighted by molar-refractivity contribution is -0.131. The van der Waals surface area contributed by atoms with Gasteiger partial charge in [0.25, 0.3) is 0 Å². The highest BCUT2D eigenvalue weighted by Gasteiger charge is 2.25. The van der Waals surface area contributed by atoms with Crippen LogP contribution in [0.5, 0.6) is 23.0 Å². The van der Waals surface area contributed by atoms with Gasteiger partial charge in [0.05, 0.1) is 7.11 Å². The molecule has 0 heterocycles. The molecule has 0 aliphatic heterocycles. The summed E-state index contributed by atoms with van der Waals surface area (Å²) in [6.45, 7) is 9.43. The molecule has 0 saturated heterocycles. The van der Waals surface area contributed by atoms with E-state index in [0.29, 0.717) is 17.2 Å². The van der Waals surface area contributed by atoms with Crippen molar-refractivity contribution >= 4 is 12.1 Å². The van der Waals surface area contributed by atoms with E-state index in [0.717, 1.165) is 39.1 Å². The van der Waals surface area contributed by atoms with Gasteiger partial charge >= 0.3 is 12.1 Å². The molecule has 4 aromatic rings. The second-order valence-electron chi connectivity index (χ2n) is 9.89. The van der Waals surface area contributed by atoms with Crippen LogP contribution in [0.2, 0.25) is 0 Å². The van der Waals surface area contributed by atoms with Gasteiger partial charge in [0.2, 0.25) is 0 Å². The van der Waals surface area contributed by atoms with Gasteiger partial charge in [-0.2, -0.15) is 0 Å². The van der Waals surface area contributed by atoms with E-state index in [1.807, 2.05) is 80.6 Å². The highest BCUT2D eigenvalue weighted by atomic mass is 16.7. The van der Waals surface area contributed by atoms with Gasteiger partial charge < -0.3 is 18.9 Å². The molecule has 0 N–H and O–H groups in total. The molecule has 39 heavy (non-hydrogen) atoms. The van der Waals surface area contributed by atoms with Crippen LogP contribution in [0.3, 0.4) is 0 Å². The van der Waals surface area contributed by atoms with Crippen LogP contribution in [-0.2, 0) is 10.2 Å². The monoisotopic (exact) mass is 524 g/mol. The van der Waals surface area contributed by atoms with Crippen molar-refractivity contribution in [3.8, 4) is 34.1 Å². The van der Waals surface area contributed by atoms with Crippen molar-refractivity contribution < 1.29 is 28.5 Å². The third-order valence-corrected chi connectivity index (χ3v) is 6.72. The molecule has 0 saturated carbocycles. The number of rotatable bonds is 7. The van der Waals surface area contributed by atoms with E-state index < -0.39 is 6.16 Å². The van der Waals surface area contributed by atoms with E-state index in [9.17, 15) is 9.59 Å². The average Bonchev–Trinajstić information content (AvgIpc) is 2.91. The number of ether oxygens (including phenoxy) is 4. The predicted octanol–water partition coefficient (Wildman–Crippen LogP) is 7.81. The van der Waals surface area contributed by atoms with Gasteiger partial charge in [0.15, 0.2) is 0 Å². The Balaban J connectivity index is 1.43. The van der Waals surface area contributed by atoms with Gasteiger partial charge in [-0.15, -0.1) is 0 Å². The summed E-state index contributed by atoms with van der Waals surface area (Å²) in [5, 5.41) is 0. The minimum atomic E-state index is -0.806. The Kier molecular flexibility index (Phi) is 8.05. The summed E-state index contributed by atoms with van der Waals surface area (Å²) >= 11 is 0. The largest absolute Gasteiger partial charge is 0.519 e. The number of aryl methyl sites for hydroxylation is 2. The molecule has 6 nitrogen and oxygen atoms in total. The zero-order chi connectivity index (χ0) is 28.2. The molecule has 0 bridgehead atoms. The molecule has 4 rings (SSSR count). The fourth-order valence-electron chi connectivity index (χ4n) is 4.33. The summed E-state index contributed by atoms with van der Waals surface area (Å²) in [4.78, 5) is 23.8. The molecule has 0 aromatic heterocycles. The highest BCUT2D eigenvalue weighted by molar-refractivity contribution is 5.70. The van der Waals surface area contributed by atoms with Gasteiger partial charge in [0, 0.05) is 12.3 Å². The molecule has 200 valence electrons. The first-order valence-corrected chi connectivity index (χ1v) is 12.6. The maximum atomic E-state index is 12.5. The molecule has 0 aliphatic carbocycles. The Morgan fingerprint density at radius 1 is 0.615 bits per heavy atom. The van der Waals surface area contributed by atoms with E-state index in [4.69, 9.17) is 18.9 Å². The molecule has 0 amide bonds. The maximum Gasteiger partial charge on any atom is 0.519 e. The Bertz CT molecular complexity index is 1480. The first kappa shape index (κ1) is 27.5. The van der Waals surface area contributed by atoms with Crippen molar-refractivity contribution in [1.82, 2.24) is 0 Å². The Morgan fingerprint density at radius 2 is 1.08 bits per heavy atom. The second-order valence-corrected chi connectivity index (χ2v) is 9.89. The predicted molar refractivity (Wildman–Crippen MR) is 151 cm³/mol. The number of carbonyl (C=O) groups is 2. The summed E-state index contributed by atoms with van der Waals surface area (Å²) in [6.07, 6.45) is -0.806. The fraction of sp³-hybridized carbons (Fsp3) is 0.212. The molecule has 0 unspecified atom stereocenters. The van der Waals surface area contributed by atoms with Gasteiger partial charge in [0.1, 0.15) is 23.0 Å². The lowest BCUT2D eigenvalue weighted by atomic mass is 9.77. The molecule has 0 atom stereocenters. The van der Waals surface area contributed by atoms with Crippen LogP contribution in [0.4, 0.5) is 4.79 Å². The van der Waals surface area contributed by atoms with Gasteiger partial charge in [-0.25, -0.2) is 4.79 Å². The van der Waals surface area contributed by atoms with Crippen molar-refractivity contribution in [3.63, 3.8) is 0 Å². The van der Waals surface area contributed by atoms with Gasteiger partial charge in [-0.05, 0) is 83.6 Å². The van der Waals surface area contributed by atoms with Crippen LogP contribution in [-0.4, -0.2) is 19.2 Å². The molecule has 0 aliphatic rings. The first-order chi connectivity index (χ1) is 18.6. The Hall–Kier alpha value is -4.58. The summed E-state index contributed by atoms with van der Waals surface area (Å²) in [6, 6.07) is 26.5. The summed E-state index contributed by atoms with van der Waals surface area (Å²) in [7, 11) is 1.63. The third-order valence-electron chi connectivity index (χ3n) is 6.72. The van der Waals surface area contributed by atoms with Crippen molar-refractivity contribution in [2.24, 2.45) is 0 Å². The van der Waals surface area contributed by atoms with Crippen LogP contribution in [0.25, 0.3) is 11.1 Å². The summed E-state index contributed by atoms with van der Waals surface area (Å²) in [5.74, 6) is 1.81. The highest BCUT2D eigenvalue weighted by Crippen LogP contribution is 2.36. The van der Waals surface area contributed by atoms with Crippen LogP contribution < -0.4 is 18.9 Å². The number of benzene rings is 4. The van der Waals surface area contributed by atoms with Crippen molar-refractivity contribution in [2.45, 2.75) is 40.0 Å². The smallest absolute Gasteiger partial charge is 0.497 e. The topological polar surface area (TPSA) is 71.1 Å². The van der Waals surface area contributed by atoms with Gasteiger partial charge in [-0.1, -0.05) is 62.4 Å². The van der Waals surface area contributed by atoms with Crippen molar-refractivity contribution in [2.75, 3.05) is 7.11 Å². The van der Waals surface area contributed by atoms with E-state index in [1.165, 1.54) is 6.92 Å². The fourth-order valence-corrected chi connectivity index (χ4v) is 4.33. The maximum absolute atomic E-state index is 12.5. The molecule has 0 fully saturated rings. The number of hydrogen-bond acceptors (Lipinski definition) is 6. The molecule has 4 aromatic carbocycles. The summed E-state index contributed by atoms with van der Waals surface area (Å²) in [5.41, 5.74) is 5.49. The van der Waals surface area contributed by atoms with E-state index >= 15 is 0 Å². The minimum Gasteiger partial charge on any atom is -0.497 e. The number of esters is 1. The molecule has 0 spiro atoms. The normalized spacial score (nSPS) is 11.0. The summed E-state index contributed by atoms with van der Waals surface area (Å²) < 4.78 is 21.4. The van der Waals surface area contributed by atoms with E-state index in [-0.39, 0.29) is 11.4 Å². The molecular weight excluding hydrogens is 492 g/mol. The van der Waals surface area contributed by atoms with Crippen molar-refractivity contribution in [3.05, 3.63) is 107 Å². The number of carbonyl (C=O) groups excluding carboxylic acids is 2. The first-order valence-electron chi connectivity index (χ1n) is 12.6. The van der Waals surface area contributed by atoms with E-state index in [2.05, 4.69) is 13.8 Å². The standard InChI is InChI=1S/C33H32O6/c1-21-19-26(11-17-30(21)37-23(3)34)33(4,5)27-12-18-31(22(2)20-27)39-32(35)38-29-15-9-25(10-16-29)24-7-13-28(36-6)14-8-24/h7-20H,1-6H3. The Labute approximate surface area is 229 Å². The minimum absolute atomic E-state index is 0.338. The van der Waals surface area contributed by atoms with Crippen LogP contribution in [0.1, 0.15) is 43.0 Å². The van der Waals surface area contributed by atoms with E-state index in [1.54, 1.807) is 25.3 Å². The molecule has 6 heteroatoms. The van der Waals surface area contributed by atoms with Gasteiger partial charge in [-0.3, -0.25) is 4.79 Å². The molecular formula is C33H32O6. The van der Waals surface area contributed by atoms with Crippen LogP contribution >= 0.6 is 0 Å². The molecule has 0 radical (unpaired) electrons. The quantitative estimate of drug-likeness (QED) is 0.139. The lowest BCUT2D eigenvalue weighted by Crippen LogP contribution is -2.20. The lowest BCUT2D eigenvalue weighted by Gasteiger charge is -2.27.